The maximum absolute atomic E-state index is 4.47. The van der Waals surface area contributed by atoms with E-state index in [4.69, 9.17) is 0 Å². The number of rotatable bonds is 3. The number of hydrogen-bond donors (Lipinski definition) is 0. The van der Waals surface area contributed by atoms with Crippen LogP contribution in [0.1, 0.15) is 65.0 Å². The molecule has 0 spiro atoms. The zero-order valence-electron chi connectivity index (χ0n) is 15.8. The summed E-state index contributed by atoms with van der Waals surface area (Å²) in [7, 11) is 0. The quantitative estimate of drug-likeness (QED) is 0.540. The van der Waals surface area contributed by atoms with E-state index in [2.05, 4.69) is 59.2 Å². The zero-order valence-corrected chi connectivity index (χ0v) is 15.8. The van der Waals surface area contributed by atoms with E-state index in [-0.39, 0.29) is 0 Å². The zero-order chi connectivity index (χ0) is 17.7. The number of nitrogens with zero attached hydrogens (tertiary/aromatic N) is 1. The highest BCUT2D eigenvalue weighted by atomic mass is 14.7. The first-order chi connectivity index (χ1) is 11.1. The Kier molecular flexibility index (Phi) is 11.6. The molecule has 0 aliphatic heterocycles. The van der Waals surface area contributed by atoms with Crippen molar-refractivity contribution >= 4 is 16.5 Å². The second-order valence-electron chi connectivity index (χ2n) is 5.61. The number of benzene rings is 1. The van der Waals surface area contributed by atoms with Crippen LogP contribution in [0.2, 0.25) is 0 Å². The molecule has 1 nitrogen and oxygen atoms in total. The van der Waals surface area contributed by atoms with Crippen LogP contribution in [-0.2, 0) is 0 Å². The number of aromatic nitrogens is 1. The van der Waals surface area contributed by atoms with Crippen LogP contribution >= 0.6 is 0 Å². The SMILES string of the molecule is C=C/C=C(\C)c1cnc2ccccc2c1C.CCC.CCCC. The molecule has 2 rings (SSSR count). The smallest absolute Gasteiger partial charge is 0.0705 e. The van der Waals surface area contributed by atoms with Gasteiger partial charge in [0.1, 0.15) is 0 Å². The predicted molar refractivity (Wildman–Crippen MR) is 107 cm³/mol. The second-order valence-corrected chi connectivity index (χ2v) is 5.61. The maximum Gasteiger partial charge on any atom is 0.0705 e. The minimum absolute atomic E-state index is 1.05. The number of pyridine rings is 1. The standard InChI is InChI=1S/C15H15N.C4H10.C3H8/c1-4-7-11(2)14-10-16-15-9-6-5-8-13(15)12(14)3;1-3-4-2;1-3-2/h4-10H,1H2,2-3H3;3-4H2,1-2H3;3H2,1-2H3/b11-7+;;. The highest BCUT2D eigenvalue weighted by molar-refractivity contribution is 5.86. The Morgan fingerprint density at radius 3 is 2.17 bits per heavy atom. The number of hydrogen-bond acceptors (Lipinski definition) is 1. The van der Waals surface area contributed by atoms with Crippen LogP contribution in [0.15, 0.2) is 49.2 Å². The fourth-order valence-corrected chi connectivity index (χ4v) is 1.94. The fourth-order valence-electron chi connectivity index (χ4n) is 1.94. The summed E-state index contributed by atoms with van der Waals surface area (Å²) >= 11 is 0. The van der Waals surface area contributed by atoms with Crippen LogP contribution in [0.5, 0.6) is 0 Å². The molecule has 2 aromatic rings. The van der Waals surface area contributed by atoms with Gasteiger partial charge in [0.05, 0.1) is 5.52 Å². The molecule has 1 heterocycles. The normalized spacial score (nSPS) is 10.3. The molecule has 0 N–H and O–H groups in total. The third-order valence-corrected chi connectivity index (χ3v) is 3.34. The molecule has 0 unspecified atom stereocenters. The first kappa shape index (κ1) is 21.1. The first-order valence-corrected chi connectivity index (χ1v) is 8.71. The lowest BCUT2D eigenvalue weighted by atomic mass is 10.00. The van der Waals surface area contributed by atoms with Crippen molar-refractivity contribution in [3.63, 3.8) is 0 Å². The van der Waals surface area contributed by atoms with Crippen molar-refractivity contribution in [1.82, 2.24) is 4.98 Å². The highest BCUT2D eigenvalue weighted by Gasteiger charge is 2.04. The summed E-state index contributed by atoms with van der Waals surface area (Å²) in [6.07, 6.45) is 9.65. The number of fused-ring (bicyclic) bond motifs is 1. The summed E-state index contributed by atoms with van der Waals surface area (Å²) < 4.78 is 0. The lowest BCUT2D eigenvalue weighted by Gasteiger charge is -2.08. The molecule has 1 aromatic carbocycles. The van der Waals surface area contributed by atoms with Gasteiger partial charge in [-0.1, -0.05) is 83.9 Å². The van der Waals surface area contributed by atoms with Gasteiger partial charge in [-0.2, -0.15) is 0 Å². The molecule has 0 bridgehead atoms. The number of allylic oxidation sites excluding steroid dienone is 3. The Hall–Kier alpha value is -1.89. The van der Waals surface area contributed by atoms with Crippen molar-refractivity contribution in [2.45, 2.75) is 60.8 Å². The Morgan fingerprint density at radius 2 is 1.65 bits per heavy atom. The second kappa shape index (κ2) is 12.6. The van der Waals surface area contributed by atoms with Gasteiger partial charge < -0.3 is 0 Å². The Morgan fingerprint density at radius 1 is 1.09 bits per heavy atom. The van der Waals surface area contributed by atoms with Crippen LogP contribution in [0, 0.1) is 6.92 Å². The van der Waals surface area contributed by atoms with Crippen molar-refractivity contribution in [1.29, 1.82) is 0 Å². The molecule has 0 amide bonds. The lowest BCUT2D eigenvalue weighted by molar-refractivity contribution is 0.886. The molecule has 0 fully saturated rings. The molecule has 0 radical (unpaired) electrons. The van der Waals surface area contributed by atoms with Gasteiger partial charge in [0.15, 0.2) is 0 Å². The minimum Gasteiger partial charge on any atom is -0.256 e. The van der Waals surface area contributed by atoms with Gasteiger partial charge in [0, 0.05) is 11.6 Å². The van der Waals surface area contributed by atoms with Crippen molar-refractivity contribution < 1.29 is 0 Å². The van der Waals surface area contributed by atoms with Gasteiger partial charge in [-0.15, -0.1) is 0 Å². The summed E-state index contributed by atoms with van der Waals surface area (Å²) in [5.74, 6) is 0. The largest absolute Gasteiger partial charge is 0.256 e. The van der Waals surface area contributed by atoms with E-state index in [1.54, 1.807) is 0 Å². The molecule has 0 atom stereocenters. The summed E-state index contributed by atoms with van der Waals surface area (Å²) in [6.45, 7) is 16.6. The van der Waals surface area contributed by atoms with Crippen molar-refractivity contribution in [2.75, 3.05) is 0 Å². The molecular weight excluding hydrogens is 278 g/mol. The van der Waals surface area contributed by atoms with Crippen LogP contribution < -0.4 is 0 Å². The summed E-state index contributed by atoms with van der Waals surface area (Å²) in [5, 5.41) is 1.22. The third-order valence-electron chi connectivity index (χ3n) is 3.34. The summed E-state index contributed by atoms with van der Waals surface area (Å²) in [6, 6.07) is 8.22. The fraction of sp³-hybridized carbons (Fsp3) is 0.409. The molecule has 0 saturated carbocycles. The Bertz CT molecular complexity index is 606. The molecule has 126 valence electrons. The van der Waals surface area contributed by atoms with E-state index in [0.717, 1.165) is 5.52 Å². The van der Waals surface area contributed by atoms with E-state index in [0.29, 0.717) is 0 Å². The van der Waals surface area contributed by atoms with E-state index < -0.39 is 0 Å². The number of para-hydroxylation sites is 1. The Balaban J connectivity index is 0.000000591. The van der Waals surface area contributed by atoms with E-state index in [9.17, 15) is 0 Å². The molecule has 1 aromatic heterocycles. The summed E-state index contributed by atoms with van der Waals surface area (Å²) in [5.41, 5.74) is 4.72. The number of aryl methyl sites for hydroxylation is 1. The van der Waals surface area contributed by atoms with Crippen LogP contribution in [0.3, 0.4) is 0 Å². The monoisotopic (exact) mass is 311 g/mol. The average Bonchev–Trinajstić information content (AvgIpc) is 2.56. The van der Waals surface area contributed by atoms with E-state index >= 15 is 0 Å². The van der Waals surface area contributed by atoms with Crippen LogP contribution in [0.25, 0.3) is 16.5 Å². The maximum atomic E-state index is 4.47. The van der Waals surface area contributed by atoms with Crippen molar-refractivity contribution in [2.24, 2.45) is 0 Å². The van der Waals surface area contributed by atoms with Gasteiger partial charge in [-0.3, -0.25) is 4.98 Å². The van der Waals surface area contributed by atoms with Gasteiger partial charge >= 0.3 is 0 Å². The van der Waals surface area contributed by atoms with Crippen LogP contribution in [-0.4, -0.2) is 4.98 Å². The minimum atomic E-state index is 1.05. The molecule has 0 aliphatic rings. The molecular formula is C22H33N. The summed E-state index contributed by atoms with van der Waals surface area (Å²) in [4.78, 5) is 4.47. The van der Waals surface area contributed by atoms with Gasteiger partial charge in [-0.25, -0.2) is 0 Å². The van der Waals surface area contributed by atoms with E-state index in [1.165, 1.54) is 41.3 Å². The van der Waals surface area contributed by atoms with Crippen molar-refractivity contribution in [3.05, 3.63) is 60.3 Å². The molecule has 0 aliphatic carbocycles. The van der Waals surface area contributed by atoms with Gasteiger partial charge in [-0.05, 0) is 36.6 Å². The van der Waals surface area contributed by atoms with Gasteiger partial charge in [0.25, 0.3) is 0 Å². The topological polar surface area (TPSA) is 12.9 Å². The third kappa shape index (κ3) is 7.27. The van der Waals surface area contributed by atoms with Crippen LogP contribution in [0.4, 0.5) is 0 Å². The lowest BCUT2D eigenvalue weighted by Crippen LogP contribution is -1.90. The highest BCUT2D eigenvalue weighted by Crippen LogP contribution is 2.24. The van der Waals surface area contributed by atoms with Gasteiger partial charge in [0.2, 0.25) is 0 Å². The Labute approximate surface area is 143 Å². The molecule has 23 heavy (non-hydrogen) atoms. The number of unbranched alkanes of at least 4 members (excludes halogenated alkanes) is 1. The van der Waals surface area contributed by atoms with Crippen molar-refractivity contribution in [3.8, 4) is 0 Å². The first-order valence-electron chi connectivity index (χ1n) is 8.71. The van der Waals surface area contributed by atoms with E-state index in [1.807, 2.05) is 36.5 Å². The predicted octanol–water partition coefficient (Wildman–Crippen LogP) is 7.36. The average molecular weight is 312 g/mol. The molecule has 1 heteroatoms. The molecule has 0 saturated heterocycles.